The van der Waals surface area contributed by atoms with Crippen molar-refractivity contribution >= 4 is 0 Å². The standard InChI is InChI=1S/C11H24N2O/c1-9(2)13(7-10-3-4-10)6-5-11(12)8-14/h9-11,14H,3-8,12H2,1-2H3. The van der Waals surface area contributed by atoms with Gasteiger partial charge in [-0.1, -0.05) is 0 Å². The van der Waals surface area contributed by atoms with Crippen molar-refractivity contribution in [1.82, 2.24) is 4.90 Å². The van der Waals surface area contributed by atoms with E-state index in [1.54, 1.807) is 0 Å². The average molecular weight is 200 g/mol. The SMILES string of the molecule is CC(C)N(CCC(N)CO)CC1CC1. The average Bonchev–Trinajstić information content (AvgIpc) is 2.94. The van der Waals surface area contributed by atoms with E-state index in [4.69, 9.17) is 10.8 Å². The van der Waals surface area contributed by atoms with E-state index >= 15 is 0 Å². The summed E-state index contributed by atoms with van der Waals surface area (Å²) in [4.78, 5) is 2.48. The van der Waals surface area contributed by atoms with E-state index in [-0.39, 0.29) is 12.6 Å². The number of rotatable bonds is 7. The number of aliphatic hydroxyl groups excluding tert-OH is 1. The molecule has 1 unspecified atom stereocenters. The number of aliphatic hydroxyl groups is 1. The van der Waals surface area contributed by atoms with Crippen LogP contribution in [-0.4, -0.2) is 41.8 Å². The van der Waals surface area contributed by atoms with Crippen LogP contribution in [0, 0.1) is 5.92 Å². The summed E-state index contributed by atoms with van der Waals surface area (Å²) in [6.45, 7) is 6.81. The fourth-order valence-corrected chi connectivity index (χ4v) is 1.62. The Labute approximate surface area is 87.3 Å². The Morgan fingerprint density at radius 2 is 2.07 bits per heavy atom. The van der Waals surface area contributed by atoms with Crippen molar-refractivity contribution in [3.63, 3.8) is 0 Å². The second-order valence-corrected chi connectivity index (χ2v) is 4.76. The van der Waals surface area contributed by atoms with Gasteiger partial charge in [-0.2, -0.15) is 0 Å². The third-order valence-electron chi connectivity index (χ3n) is 2.94. The molecule has 0 aromatic heterocycles. The van der Waals surface area contributed by atoms with Gasteiger partial charge in [0.15, 0.2) is 0 Å². The second-order valence-electron chi connectivity index (χ2n) is 4.76. The molecular weight excluding hydrogens is 176 g/mol. The molecule has 14 heavy (non-hydrogen) atoms. The molecule has 0 spiro atoms. The first-order valence-corrected chi connectivity index (χ1v) is 5.74. The minimum absolute atomic E-state index is 0.0459. The highest BCUT2D eigenvalue weighted by molar-refractivity contribution is 4.79. The monoisotopic (exact) mass is 200 g/mol. The van der Waals surface area contributed by atoms with E-state index in [2.05, 4.69) is 18.7 Å². The Morgan fingerprint density at radius 1 is 1.43 bits per heavy atom. The lowest BCUT2D eigenvalue weighted by Crippen LogP contribution is -2.37. The molecule has 0 bridgehead atoms. The van der Waals surface area contributed by atoms with Gasteiger partial charge in [0.25, 0.3) is 0 Å². The first-order chi connectivity index (χ1) is 6.63. The molecule has 1 atom stereocenters. The highest BCUT2D eigenvalue weighted by atomic mass is 16.3. The van der Waals surface area contributed by atoms with Gasteiger partial charge in [0.05, 0.1) is 6.61 Å². The van der Waals surface area contributed by atoms with Gasteiger partial charge in [-0.25, -0.2) is 0 Å². The molecule has 0 aromatic rings. The Hall–Kier alpha value is -0.120. The molecule has 0 aromatic carbocycles. The van der Waals surface area contributed by atoms with Crippen LogP contribution in [0.5, 0.6) is 0 Å². The van der Waals surface area contributed by atoms with Crippen LogP contribution in [0.25, 0.3) is 0 Å². The highest BCUT2D eigenvalue weighted by Crippen LogP contribution is 2.30. The molecule has 0 heterocycles. The Morgan fingerprint density at radius 3 is 2.50 bits per heavy atom. The van der Waals surface area contributed by atoms with Gasteiger partial charge in [-0.3, -0.25) is 0 Å². The molecule has 1 aliphatic carbocycles. The maximum atomic E-state index is 8.84. The molecule has 3 heteroatoms. The molecule has 1 fully saturated rings. The Bertz CT molecular complexity index is 157. The maximum absolute atomic E-state index is 8.84. The summed E-state index contributed by atoms with van der Waals surface area (Å²) in [5, 5.41) is 8.84. The summed E-state index contributed by atoms with van der Waals surface area (Å²) in [6.07, 6.45) is 3.70. The van der Waals surface area contributed by atoms with Crippen LogP contribution in [0.1, 0.15) is 33.1 Å². The van der Waals surface area contributed by atoms with Gasteiger partial charge in [-0.15, -0.1) is 0 Å². The van der Waals surface area contributed by atoms with Crippen molar-refractivity contribution in [2.45, 2.75) is 45.2 Å². The van der Waals surface area contributed by atoms with E-state index < -0.39 is 0 Å². The lowest BCUT2D eigenvalue weighted by atomic mass is 10.2. The van der Waals surface area contributed by atoms with Gasteiger partial charge >= 0.3 is 0 Å². The first kappa shape index (κ1) is 12.0. The highest BCUT2D eigenvalue weighted by Gasteiger charge is 2.25. The molecule has 84 valence electrons. The fraction of sp³-hybridized carbons (Fsp3) is 1.00. The maximum Gasteiger partial charge on any atom is 0.0583 e. The predicted octanol–water partition coefficient (Wildman–Crippen LogP) is 0.817. The molecule has 3 N–H and O–H groups in total. The topological polar surface area (TPSA) is 49.5 Å². The molecule has 0 aliphatic heterocycles. The molecule has 0 radical (unpaired) electrons. The summed E-state index contributed by atoms with van der Waals surface area (Å²) in [6, 6.07) is 0.553. The van der Waals surface area contributed by atoms with Gasteiger partial charge in [0, 0.05) is 18.6 Å². The quantitative estimate of drug-likeness (QED) is 0.639. The van der Waals surface area contributed by atoms with Crippen molar-refractivity contribution in [2.75, 3.05) is 19.7 Å². The van der Waals surface area contributed by atoms with Gasteiger partial charge in [0.1, 0.15) is 0 Å². The van der Waals surface area contributed by atoms with Crippen molar-refractivity contribution in [3.8, 4) is 0 Å². The summed E-state index contributed by atoms with van der Waals surface area (Å²) in [5.74, 6) is 0.933. The summed E-state index contributed by atoms with van der Waals surface area (Å²) < 4.78 is 0. The van der Waals surface area contributed by atoms with E-state index in [1.165, 1.54) is 19.4 Å². The number of hydrogen-bond acceptors (Lipinski definition) is 3. The van der Waals surface area contributed by atoms with Crippen LogP contribution in [0.15, 0.2) is 0 Å². The van der Waals surface area contributed by atoms with Gasteiger partial charge in [0.2, 0.25) is 0 Å². The normalized spacial score (nSPS) is 19.3. The van der Waals surface area contributed by atoms with E-state index in [1.807, 2.05) is 0 Å². The summed E-state index contributed by atoms with van der Waals surface area (Å²) in [5.41, 5.74) is 5.69. The van der Waals surface area contributed by atoms with Crippen LogP contribution in [0.3, 0.4) is 0 Å². The van der Waals surface area contributed by atoms with Crippen molar-refractivity contribution in [1.29, 1.82) is 0 Å². The lowest BCUT2D eigenvalue weighted by molar-refractivity contribution is 0.188. The zero-order chi connectivity index (χ0) is 10.6. The van der Waals surface area contributed by atoms with Crippen LogP contribution < -0.4 is 5.73 Å². The van der Waals surface area contributed by atoms with Crippen LogP contribution in [0.4, 0.5) is 0 Å². The minimum atomic E-state index is -0.0459. The van der Waals surface area contributed by atoms with Crippen LogP contribution in [0.2, 0.25) is 0 Å². The first-order valence-electron chi connectivity index (χ1n) is 5.74. The van der Waals surface area contributed by atoms with Gasteiger partial charge in [-0.05, 0) is 45.6 Å². The van der Waals surface area contributed by atoms with Gasteiger partial charge < -0.3 is 15.7 Å². The fourth-order valence-electron chi connectivity index (χ4n) is 1.62. The van der Waals surface area contributed by atoms with Crippen molar-refractivity contribution in [3.05, 3.63) is 0 Å². The van der Waals surface area contributed by atoms with E-state index in [0.717, 1.165) is 18.9 Å². The lowest BCUT2D eigenvalue weighted by Gasteiger charge is -2.27. The molecular formula is C11H24N2O. The van der Waals surface area contributed by atoms with E-state index in [0.29, 0.717) is 6.04 Å². The molecule has 1 rings (SSSR count). The number of nitrogens with two attached hydrogens (primary N) is 1. The number of hydrogen-bond donors (Lipinski definition) is 2. The zero-order valence-electron chi connectivity index (χ0n) is 9.45. The van der Waals surface area contributed by atoms with Crippen LogP contribution >= 0.6 is 0 Å². The Kier molecular flexibility index (Phi) is 4.85. The van der Waals surface area contributed by atoms with Crippen LogP contribution in [-0.2, 0) is 0 Å². The minimum Gasteiger partial charge on any atom is -0.395 e. The smallest absolute Gasteiger partial charge is 0.0583 e. The predicted molar refractivity (Wildman–Crippen MR) is 59.1 cm³/mol. The third kappa shape index (κ3) is 4.40. The third-order valence-corrected chi connectivity index (χ3v) is 2.94. The molecule has 1 saturated carbocycles. The van der Waals surface area contributed by atoms with E-state index in [9.17, 15) is 0 Å². The van der Waals surface area contributed by atoms with Crippen molar-refractivity contribution in [2.24, 2.45) is 11.7 Å². The zero-order valence-corrected chi connectivity index (χ0v) is 9.45. The summed E-state index contributed by atoms with van der Waals surface area (Å²) >= 11 is 0. The molecule has 3 nitrogen and oxygen atoms in total. The summed E-state index contributed by atoms with van der Waals surface area (Å²) in [7, 11) is 0. The largest absolute Gasteiger partial charge is 0.395 e. The second kappa shape index (κ2) is 5.69. The van der Waals surface area contributed by atoms with Crippen molar-refractivity contribution < 1.29 is 5.11 Å². The molecule has 0 amide bonds. The molecule has 1 aliphatic rings. The Balaban J connectivity index is 2.19. The molecule has 0 saturated heterocycles. The number of nitrogens with zero attached hydrogens (tertiary/aromatic N) is 1.